The zero-order valence-electron chi connectivity index (χ0n) is 12.3. The minimum absolute atomic E-state index is 0.0669. The lowest BCUT2D eigenvalue weighted by atomic mass is 9.79. The Balaban J connectivity index is 3.73. The van der Waals surface area contributed by atoms with Gasteiger partial charge >= 0.3 is 0 Å². The normalized spacial score (nSPS) is 13.7. The second-order valence-corrected chi connectivity index (χ2v) is 8.40. The van der Waals surface area contributed by atoms with Gasteiger partial charge in [0, 0.05) is 11.1 Å². The Morgan fingerprint density at radius 3 is 1.47 bits per heavy atom. The summed E-state index contributed by atoms with van der Waals surface area (Å²) in [5.41, 5.74) is 0.0496. The van der Waals surface area contributed by atoms with Gasteiger partial charge in [-0.05, 0) is 35.9 Å². The zero-order chi connectivity index (χ0) is 15.2. The van der Waals surface area contributed by atoms with Crippen molar-refractivity contribution in [3.63, 3.8) is 0 Å². The molecule has 0 aromatic heterocycles. The van der Waals surface area contributed by atoms with Crippen LogP contribution in [0.15, 0.2) is 12.1 Å². The monoisotopic (exact) mass is 284 g/mol. The maximum Gasteiger partial charge on any atom is 0.123 e. The molecular formula is C14H21O4P-2. The minimum Gasteiger partial charge on any atom is -0.807 e. The van der Waals surface area contributed by atoms with E-state index in [1.807, 2.05) is 41.5 Å². The summed E-state index contributed by atoms with van der Waals surface area (Å²) in [4.78, 5) is 22.6. The third kappa shape index (κ3) is 3.59. The molecule has 19 heavy (non-hydrogen) atoms. The number of phenolic OH excluding ortho intramolecular Hbond substituents is 1. The fourth-order valence-corrected chi connectivity index (χ4v) is 2.50. The Hall–Kier alpha value is -0.830. The van der Waals surface area contributed by atoms with Crippen molar-refractivity contribution in [2.45, 2.75) is 52.4 Å². The minimum atomic E-state index is -4.84. The van der Waals surface area contributed by atoms with Crippen molar-refractivity contribution in [2.24, 2.45) is 0 Å². The smallest absolute Gasteiger partial charge is 0.123 e. The number of hydrogen-bond donors (Lipinski definition) is 1. The molecule has 0 unspecified atom stereocenters. The van der Waals surface area contributed by atoms with Crippen LogP contribution in [0.2, 0.25) is 0 Å². The van der Waals surface area contributed by atoms with Gasteiger partial charge in [0.1, 0.15) is 5.75 Å². The molecule has 0 atom stereocenters. The summed E-state index contributed by atoms with van der Waals surface area (Å²) in [6.45, 7) is 11.2. The molecule has 0 heterocycles. The predicted molar refractivity (Wildman–Crippen MR) is 72.7 cm³/mol. The average Bonchev–Trinajstić information content (AvgIpc) is 2.11. The molecule has 5 heteroatoms. The predicted octanol–water partition coefficient (Wildman–Crippen LogP) is 1.53. The van der Waals surface area contributed by atoms with E-state index < -0.39 is 18.4 Å². The Morgan fingerprint density at radius 2 is 1.26 bits per heavy atom. The molecule has 1 aromatic carbocycles. The van der Waals surface area contributed by atoms with E-state index >= 15 is 0 Å². The molecule has 0 aliphatic heterocycles. The van der Waals surface area contributed by atoms with Crippen molar-refractivity contribution in [1.82, 2.24) is 0 Å². The van der Waals surface area contributed by atoms with Gasteiger partial charge in [-0.2, -0.15) is 0 Å². The molecule has 0 radical (unpaired) electrons. The topological polar surface area (TPSA) is 83.4 Å². The van der Waals surface area contributed by atoms with E-state index in [1.54, 1.807) is 0 Å². The third-order valence-corrected chi connectivity index (χ3v) is 3.92. The maximum absolute atomic E-state index is 11.3. The van der Waals surface area contributed by atoms with Crippen LogP contribution in [0.3, 0.4) is 0 Å². The molecular weight excluding hydrogens is 263 g/mol. The Labute approximate surface area is 114 Å². The van der Waals surface area contributed by atoms with Crippen LogP contribution in [0.4, 0.5) is 0 Å². The maximum atomic E-state index is 11.3. The van der Waals surface area contributed by atoms with Gasteiger partial charge in [-0.15, -0.1) is 0 Å². The van der Waals surface area contributed by atoms with Gasteiger partial charge in [-0.1, -0.05) is 41.5 Å². The Kier molecular flexibility index (Phi) is 3.95. The second-order valence-electron chi connectivity index (χ2n) is 6.89. The molecule has 0 saturated carbocycles. The highest BCUT2D eigenvalue weighted by Gasteiger charge is 2.26. The molecule has 0 aliphatic rings. The van der Waals surface area contributed by atoms with Crippen LogP contribution in [-0.2, 0) is 15.4 Å². The van der Waals surface area contributed by atoms with Crippen molar-refractivity contribution >= 4 is 12.9 Å². The quantitative estimate of drug-likeness (QED) is 0.793. The van der Waals surface area contributed by atoms with Crippen molar-refractivity contribution in [1.29, 1.82) is 0 Å². The van der Waals surface area contributed by atoms with Crippen molar-refractivity contribution in [2.75, 3.05) is 0 Å². The standard InChI is InChI=1S/C14H23O4P/c1-13(2,3)10-7-9(19(16,17)18)8-11(12(10)15)14(4,5)6/h7-8,15H,1-6H3,(H2,16,17,18)/p-2. The van der Waals surface area contributed by atoms with Crippen LogP contribution in [0, 0.1) is 0 Å². The van der Waals surface area contributed by atoms with E-state index in [0.717, 1.165) is 0 Å². The number of rotatable bonds is 1. The molecule has 108 valence electrons. The molecule has 0 bridgehead atoms. The molecule has 0 saturated heterocycles. The summed E-state index contributed by atoms with van der Waals surface area (Å²) < 4.78 is 11.3. The summed E-state index contributed by atoms with van der Waals surface area (Å²) in [6.07, 6.45) is 0. The van der Waals surface area contributed by atoms with Crippen LogP contribution in [0.5, 0.6) is 5.75 Å². The van der Waals surface area contributed by atoms with Crippen molar-refractivity contribution in [3.05, 3.63) is 23.3 Å². The lowest BCUT2D eigenvalue weighted by Crippen LogP contribution is -2.28. The van der Waals surface area contributed by atoms with E-state index in [1.165, 1.54) is 12.1 Å². The van der Waals surface area contributed by atoms with Crippen molar-refractivity contribution < 1.29 is 19.5 Å². The van der Waals surface area contributed by atoms with E-state index in [0.29, 0.717) is 11.1 Å². The first-order valence-corrected chi connectivity index (χ1v) is 7.69. The van der Waals surface area contributed by atoms with Gasteiger partial charge in [0.05, 0.1) is 0 Å². The number of hydrogen-bond acceptors (Lipinski definition) is 4. The van der Waals surface area contributed by atoms with Gasteiger partial charge in [0.2, 0.25) is 0 Å². The summed E-state index contributed by atoms with van der Waals surface area (Å²) in [5, 5.41) is 10.1. The van der Waals surface area contributed by atoms with Gasteiger partial charge in [0.15, 0.2) is 0 Å². The lowest BCUT2D eigenvalue weighted by Gasteiger charge is -2.34. The largest absolute Gasteiger partial charge is 0.807 e. The van der Waals surface area contributed by atoms with Crippen LogP contribution in [0.1, 0.15) is 52.7 Å². The van der Waals surface area contributed by atoms with Gasteiger partial charge in [-0.3, -0.25) is 0 Å². The highest BCUT2D eigenvalue weighted by Crippen LogP contribution is 2.40. The first-order chi connectivity index (χ1) is 8.24. The molecule has 4 nitrogen and oxygen atoms in total. The van der Waals surface area contributed by atoms with Crippen LogP contribution >= 0.6 is 7.60 Å². The van der Waals surface area contributed by atoms with Gasteiger partial charge in [0.25, 0.3) is 0 Å². The summed E-state index contributed by atoms with van der Waals surface area (Å²) >= 11 is 0. The van der Waals surface area contributed by atoms with Crippen LogP contribution < -0.4 is 15.1 Å². The van der Waals surface area contributed by atoms with Crippen LogP contribution in [0.25, 0.3) is 0 Å². The fourth-order valence-electron chi connectivity index (χ4n) is 1.92. The number of aromatic hydroxyl groups is 1. The molecule has 1 rings (SSSR count). The molecule has 1 aromatic rings. The SMILES string of the molecule is CC(C)(C)c1cc(P(=O)([O-])[O-])cc(C(C)(C)C)c1O. The first-order valence-electron chi connectivity index (χ1n) is 6.15. The first kappa shape index (κ1) is 16.2. The second kappa shape index (κ2) is 4.62. The summed E-state index contributed by atoms with van der Waals surface area (Å²) in [6, 6.07) is 2.57. The summed E-state index contributed by atoms with van der Waals surface area (Å²) in [5.74, 6) is 0.0669. The molecule has 0 aliphatic carbocycles. The molecule has 0 amide bonds. The molecule has 0 spiro atoms. The fraction of sp³-hybridized carbons (Fsp3) is 0.571. The van der Waals surface area contributed by atoms with E-state index in [2.05, 4.69) is 0 Å². The van der Waals surface area contributed by atoms with Crippen LogP contribution in [-0.4, -0.2) is 5.11 Å². The van der Waals surface area contributed by atoms with Gasteiger partial charge in [-0.25, -0.2) is 0 Å². The summed E-state index contributed by atoms with van der Waals surface area (Å²) in [7, 11) is -4.84. The third-order valence-electron chi connectivity index (χ3n) is 3.03. The number of phenols is 1. The molecule has 1 N–H and O–H groups in total. The highest BCUT2D eigenvalue weighted by molar-refractivity contribution is 7.57. The zero-order valence-corrected chi connectivity index (χ0v) is 13.2. The Morgan fingerprint density at radius 1 is 0.947 bits per heavy atom. The lowest BCUT2D eigenvalue weighted by molar-refractivity contribution is -0.307. The Bertz CT molecular complexity index is 494. The highest BCUT2D eigenvalue weighted by atomic mass is 31.2. The van der Waals surface area contributed by atoms with Crippen molar-refractivity contribution in [3.8, 4) is 5.75 Å². The van der Waals surface area contributed by atoms with E-state index in [4.69, 9.17) is 0 Å². The van der Waals surface area contributed by atoms with E-state index in [9.17, 15) is 19.5 Å². The number of benzene rings is 1. The average molecular weight is 284 g/mol. The van der Waals surface area contributed by atoms with Gasteiger partial charge < -0.3 is 19.5 Å². The molecule has 0 fully saturated rings. The van der Waals surface area contributed by atoms with E-state index in [-0.39, 0.29) is 11.1 Å².